The molecule has 1 amide bonds. The lowest BCUT2D eigenvalue weighted by atomic mass is 9.27. The van der Waals surface area contributed by atoms with E-state index in [1.165, 1.54) is 19.3 Å². The number of carbonyl (C=O) groups excluding carboxylic acids is 1. The Labute approximate surface area is 69.6 Å². The molecule has 3 aliphatic rings. The lowest BCUT2D eigenvalue weighted by Gasteiger charge is -2.76. The van der Waals surface area contributed by atoms with E-state index in [9.17, 15) is 4.79 Å². The van der Waals surface area contributed by atoms with Gasteiger partial charge in [-0.2, -0.15) is 0 Å². The van der Waals surface area contributed by atoms with Gasteiger partial charge in [0.15, 0.2) is 0 Å². The van der Waals surface area contributed by atoms with Gasteiger partial charge in [0.05, 0.1) is 0 Å². The van der Waals surface area contributed by atoms with Crippen LogP contribution in [0, 0.1) is 23.2 Å². The number of azide groups is 1. The SMILES string of the molecule is [N-]=[N+]=NC(=O)C12C3CC1CC2C3. The van der Waals surface area contributed by atoms with Gasteiger partial charge in [0.2, 0.25) is 5.91 Å². The Morgan fingerprint density at radius 3 is 2.17 bits per heavy atom. The second-order valence-corrected chi connectivity index (χ2v) is 4.23. The summed E-state index contributed by atoms with van der Waals surface area (Å²) in [6.07, 6.45) is 3.59. The molecule has 0 bridgehead atoms. The van der Waals surface area contributed by atoms with Gasteiger partial charge in [-0.05, 0) is 47.7 Å². The van der Waals surface area contributed by atoms with E-state index in [0.717, 1.165) is 0 Å². The molecule has 3 aliphatic carbocycles. The van der Waals surface area contributed by atoms with E-state index in [2.05, 4.69) is 10.0 Å². The summed E-state index contributed by atoms with van der Waals surface area (Å²) >= 11 is 0. The average molecular weight is 163 g/mol. The van der Waals surface area contributed by atoms with Crippen LogP contribution in [0.25, 0.3) is 10.4 Å². The highest BCUT2D eigenvalue weighted by atomic mass is 16.2. The molecule has 0 aromatic carbocycles. The average Bonchev–Trinajstić information content (AvgIpc) is 2.05. The fourth-order valence-electron chi connectivity index (χ4n) is 3.66. The van der Waals surface area contributed by atoms with Gasteiger partial charge in [-0.3, -0.25) is 4.79 Å². The number of hydrogen-bond acceptors (Lipinski definition) is 1. The highest BCUT2D eigenvalue weighted by molar-refractivity contribution is 5.88. The van der Waals surface area contributed by atoms with Crippen LogP contribution in [0.15, 0.2) is 5.11 Å². The van der Waals surface area contributed by atoms with E-state index in [0.29, 0.717) is 17.8 Å². The molecule has 3 fully saturated rings. The third-order valence-electron chi connectivity index (χ3n) is 4.24. The van der Waals surface area contributed by atoms with Crippen LogP contribution in [0.3, 0.4) is 0 Å². The lowest BCUT2D eigenvalue weighted by molar-refractivity contribution is -0.270. The van der Waals surface area contributed by atoms with E-state index >= 15 is 0 Å². The smallest absolute Gasteiger partial charge is 0.225 e. The summed E-state index contributed by atoms with van der Waals surface area (Å²) in [6, 6.07) is 0. The predicted molar refractivity (Wildman–Crippen MR) is 40.9 cm³/mol. The van der Waals surface area contributed by atoms with Crippen molar-refractivity contribution in [1.82, 2.24) is 0 Å². The van der Waals surface area contributed by atoms with Gasteiger partial charge in [0.1, 0.15) is 0 Å². The van der Waals surface area contributed by atoms with Crippen LogP contribution in [-0.4, -0.2) is 5.91 Å². The normalized spacial score (nSPS) is 51.8. The maximum atomic E-state index is 11.4. The zero-order valence-electron chi connectivity index (χ0n) is 6.60. The van der Waals surface area contributed by atoms with Crippen molar-refractivity contribution in [2.24, 2.45) is 28.3 Å². The van der Waals surface area contributed by atoms with E-state index in [1.54, 1.807) is 0 Å². The highest BCUT2D eigenvalue weighted by Crippen LogP contribution is 2.79. The summed E-state index contributed by atoms with van der Waals surface area (Å²) in [5.74, 6) is 1.53. The zero-order chi connectivity index (χ0) is 8.34. The van der Waals surface area contributed by atoms with Gasteiger partial charge in [-0.25, -0.2) is 0 Å². The summed E-state index contributed by atoms with van der Waals surface area (Å²) in [4.78, 5) is 14.0. The lowest BCUT2D eigenvalue weighted by Crippen LogP contribution is -2.74. The van der Waals surface area contributed by atoms with Crippen molar-refractivity contribution in [3.63, 3.8) is 0 Å². The number of carbonyl (C=O) groups is 1. The minimum Gasteiger partial charge on any atom is -0.292 e. The van der Waals surface area contributed by atoms with Crippen LogP contribution in [-0.2, 0) is 4.79 Å². The first-order chi connectivity index (χ1) is 5.80. The second-order valence-electron chi connectivity index (χ2n) is 4.23. The van der Waals surface area contributed by atoms with Crippen LogP contribution < -0.4 is 0 Å². The summed E-state index contributed by atoms with van der Waals surface area (Å²) in [7, 11) is 0. The third-order valence-corrected chi connectivity index (χ3v) is 4.24. The topological polar surface area (TPSA) is 65.8 Å². The Morgan fingerprint density at radius 1 is 1.33 bits per heavy atom. The summed E-state index contributed by atoms with van der Waals surface area (Å²) in [6.45, 7) is 0. The molecule has 0 aromatic heterocycles. The van der Waals surface area contributed by atoms with Crippen molar-refractivity contribution in [2.45, 2.75) is 19.3 Å². The molecule has 3 rings (SSSR count). The fraction of sp³-hybridized carbons (Fsp3) is 0.875. The van der Waals surface area contributed by atoms with Gasteiger partial charge < -0.3 is 0 Å². The molecule has 0 radical (unpaired) electrons. The minimum atomic E-state index is -0.172. The molecule has 62 valence electrons. The van der Waals surface area contributed by atoms with Gasteiger partial charge in [-0.1, -0.05) is 0 Å². The molecule has 4 nitrogen and oxygen atoms in total. The van der Waals surface area contributed by atoms with Crippen molar-refractivity contribution in [2.75, 3.05) is 0 Å². The van der Waals surface area contributed by atoms with Crippen LogP contribution in [0.4, 0.5) is 0 Å². The maximum absolute atomic E-state index is 11.4. The van der Waals surface area contributed by atoms with Crippen LogP contribution >= 0.6 is 0 Å². The molecular formula is C8H9N3O. The first-order valence-electron chi connectivity index (χ1n) is 4.39. The van der Waals surface area contributed by atoms with Crippen LogP contribution in [0.5, 0.6) is 0 Å². The Kier molecular flexibility index (Phi) is 0.901. The molecule has 0 aromatic rings. The molecule has 0 heterocycles. The first-order valence-corrected chi connectivity index (χ1v) is 4.39. The van der Waals surface area contributed by atoms with Crippen molar-refractivity contribution in [3.8, 4) is 0 Å². The fourth-order valence-corrected chi connectivity index (χ4v) is 3.66. The Bertz CT molecular complexity index is 286. The standard InChI is InChI=1S/C8H9N3O/c9-11-10-7(12)8-4-1-5(8)3-6(8)2-4/h4-6H,1-3H2. The van der Waals surface area contributed by atoms with Crippen LogP contribution in [0.1, 0.15) is 19.3 Å². The van der Waals surface area contributed by atoms with Crippen molar-refractivity contribution < 1.29 is 4.79 Å². The van der Waals surface area contributed by atoms with Crippen molar-refractivity contribution >= 4 is 5.91 Å². The molecule has 0 spiro atoms. The Morgan fingerprint density at radius 2 is 1.83 bits per heavy atom. The number of nitrogens with zero attached hydrogens (tertiary/aromatic N) is 3. The summed E-state index contributed by atoms with van der Waals surface area (Å²) in [5, 5.41) is 3.24. The Balaban J connectivity index is 1.93. The summed E-state index contributed by atoms with van der Waals surface area (Å²) < 4.78 is 0. The molecular weight excluding hydrogens is 154 g/mol. The van der Waals surface area contributed by atoms with Crippen molar-refractivity contribution in [3.05, 3.63) is 10.4 Å². The molecule has 3 saturated carbocycles. The van der Waals surface area contributed by atoms with Gasteiger partial charge in [0, 0.05) is 10.3 Å². The van der Waals surface area contributed by atoms with Crippen LogP contribution in [0.2, 0.25) is 0 Å². The molecule has 0 unspecified atom stereocenters. The third kappa shape index (κ3) is 0.396. The molecule has 4 heteroatoms. The van der Waals surface area contributed by atoms with E-state index in [1.807, 2.05) is 0 Å². The van der Waals surface area contributed by atoms with Gasteiger partial charge in [0.25, 0.3) is 0 Å². The van der Waals surface area contributed by atoms with Gasteiger partial charge in [-0.15, -0.1) is 0 Å². The molecule has 0 N–H and O–H groups in total. The number of hydrogen-bond donors (Lipinski definition) is 0. The molecule has 12 heavy (non-hydrogen) atoms. The quantitative estimate of drug-likeness (QED) is 0.330. The largest absolute Gasteiger partial charge is 0.292 e. The highest BCUT2D eigenvalue weighted by Gasteiger charge is 2.76. The predicted octanol–water partition coefficient (Wildman–Crippen LogP) is 1.87. The Hall–Kier alpha value is -1.02. The maximum Gasteiger partial charge on any atom is 0.225 e. The van der Waals surface area contributed by atoms with E-state index in [-0.39, 0.29) is 11.3 Å². The first kappa shape index (κ1) is 6.49. The number of amides is 1. The second kappa shape index (κ2) is 1.67. The number of rotatable bonds is 1. The molecule has 0 saturated heterocycles. The van der Waals surface area contributed by atoms with E-state index in [4.69, 9.17) is 5.53 Å². The monoisotopic (exact) mass is 163 g/mol. The van der Waals surface area contributed by atoms with Crippen molar-refractivity contribution in [1.29, 1.82) is 0 Å². The van der Waals surface area contributed by atoms with Gasteiger partial charge >= 0.3 is 0 Å². The zero-order valence-corrected chi connectivity index (χ0v) is 6.60. The molecule has 0 atom stereocenters. The van der Waals surface area contributed by atoms with E-state index < -0.39 is 0 Å². The summed E-state index contributed by atoms with van der Waals surface area (Å²) in [5.41, 5.74) is 8.04. The minimum absolute atomic E-state index is 0.133. The molecule has 0 aliphatic heterocycles.